The molecule has 4 amide bonds. The summed E-state index contributed by atoms with van der Waals surface area (Å²) in [6, 6.07) is 10.2. The molecule has 2 saturated heterocycles. The Kier molecular flexibility index (Phi) is 6.91. The minimum absolute atomic E-state index is 0.0702. The highest BCUT2D eigenvalue weighted by atomic mass is 32.2. The number of nitrogens with one attached hydrogen (secondary N) is 1. The molecule has 0 unspecified atom stereocenters. The number of halogens is 1. The third-order valence-corrected chi connectivity index (χ3v) is 9.24. The van der Waals surface area contributed by atoms with Crippen molar-refractivity contribution in [2.75, 3.05) is 23.4 Å². The average molecular weight is 558 g/mol. The molecule has 0 aromatic heterocycles. The van der Waals surface area contributed by atoms with Crippen molar-refractivity contribution < 1.29 is 36.7 Å². The van der Waals surface area contributed by atoms with Gasteiger partial charge in [0, 0.05) is 37.2 Å². The van der Waals surface area contributed by atoms with Gasteiger partial charge in [-0.15, -0.1) is 0 Å². The molecule has 39 heavy (non-hydrogen) atoms. The van der Waals surface area contributed by atoms with Gasteiger partial charge in [0.25, 0.3) is 5.91 Å². The number of hydrogen-bond donors (Lipinski definition) is 1. The molecule has 2 aromatic rings. The number of benzene rings is 2. The Hall–Kier alpha value is -3.80. The van der Waals surface area contributed by atoms with Gasteiger partial charge in [-0.3, -0.25) is 14.4 Å². The van der Waals surface area contributed by atoms with Crippen LogP contribution in [-0.4, -0.2) is 66.1 Å². The number of fused-ring (bicyclic) bond motifs is 2. The van der Waals surface area contributed by atoms with Gasteiger partial charge < -0.3 is 15.0 Å². The van der Waals surface area contributed by atoms with Gasteiger partial charge in [-0.25, -0.2) is 22.5 Å². The lowest BCUT2D eigenvalue weighted by molar-refractivity contribution is -0.143. The van der Waals surface area contributed by atoms with Gasteiger partial charge in [0.15, 0.2) is 0 Å². The second kappa shape index (κ2) is 10.1. The third-order valence-electron chi connectivity index (χ3n) is 7.52. The van der Waals surface area contributed by atoms with Crippen molar-refractivity contribution in [3.05, 3.63) is 65.0 Å². The van der Waals surface area contributed by atoms with Crippen LogP contribution in [-0.2, 0) is 47.5 Å². The number of carbonyl (C=O) groups excluding carboxylic acids is 4. The van der Waals surface area contributed by atoms with E-state index in [0.29, 0.717) is 23.2 Å². The second-order valence-corrected chi connectivity index (χ2v) is 12.5. The van der Waals surface area contributed by atoms with E-state index < -0.39 is 51.7 Å². The monoisotopic (exact) mass is 557 g/mol. The number of aryl methyl sites for hydroxylation is 1. The quantitative estimate of drug-likeness (QED) is 0.578. The van der Waals surface area contributed by atoms with Crippen LogP contribution in [0.1, 0.15) is 42.9 Å². The van der Waals surface area contributed by atoms with Crippen molar-refractivity contribution in [3.63, 3.8) is 0 Å². The number of carbonyl (C=O) groups is 4. The van der Waals surface area contributed by atoms with Gasteiger partial charge in [0.2, 0.25) is 17.4 Å². The maximum absolute atomic E-state index is 13.6. The SMILES string of the molecule is CC(=O)Nc1ccc2c(c1)CC[C@@]21OC(=O)N(CC(=O)N(Cc2ccc(F)cc2)C2CCS(=O)(=O)CC2)C1=O. The van der Waals surface area contributed by atoms with E-state index in [4.69, 9.17) is 4.74 Å². The van der Waals surface area contributed by atoms with Gasteiger partial charge in [-0.05, 0) is 54.7 Å². The van der Waals surface area contributed by atoms with E-state index in [1.807, 2.05) is 0 Å². The van der Waals surface area contributed by atoms with Crippen LogP contribution in [0.5, 0.6) is 0 Å². The topological polar surface area (TPSA) is 130 Å². The molecule has 0 bridgehead atoms. The van der Waals surface area contributed by atoms with E-state index in [9.17, 15) is 32.0 Å². The summed E-state index contributed by atoms with van der Waals surface area (Å²) < 4.78 is 43.0. The lowest BCUT2D eigenvalue weighted by Gasteiger charge is -2.35. The fourth-order valence-corrected chi connectivity index (χ4v) is 7.02. The first-order chi connectivity index (χ1) is 18.5. The minimum Gasteiger partial charge on any atom is -0.427 e. The molecular weight excluding hydrogens is 529 g/mol. The molecule has 2 aliphatic heterocycles. The van der Waals surface area contributed by atoms with Gasteiger partial charge >= 0.3 is 6.09 Å². The highest BCUT2D eigenvalue weighted by Crippen LogP contribution is 2.46. The first-order valence-electron chi connectivity index (χ1n) is 12.7. The maximum atomic E-state index is 13.6. The standard InChI is InChI=1S/C27H28FN3O7S/c1-17(32)29-21-6-7-23-19(14-21)8-11-27(23)25(34)31(26(35)38-27)16-24(33)30(15-18-2-4-20(28)5-3-18)22-9-12-39(36,37)13-10-22/h2-7,14,22H,8-13,15-16H2,1H3,(H,29,32)/t27-/m1/s1. The fourth-order valence-electron chi connectivity index (χ4n) is 5.56. The van der Waals surface area contributed by atoms with Crippen LogP contribution in [0.25, 0.3) is 0 Å². The van der Waals surface area contributed by atoms with Crippen LogP contribution >= 0.6 is 0 Å². The van der Waals surface area contributed by atoms with Crippen LogP contribution in [0.2, 0.25) is 0 Å². The Balaban J connectivity index is 1.37. The van der Waals surface area contributed by atoms with E-state index in [2.05, 4.69) is 5.32 Å². The number of sulfone groups is 1. The first kappa shape index (κ1) is 26.8. The van der Waals surface area contributed by atoms with Crippen LogP contribution in [0.15, 0.2) is 42.5 Å². The van der Waals surface area contributed by atoms with E-state index in [1.54, 1.807) is 18.2 Å². The van der Waals surface area contributed by atoms with Gasteiger partial charge in [0.05, 0.1) is 11.5 Å². The fraction of sp³-hybridized carbons (Fsp3) is 0.407. The van der Waals surface area contributed by atoms with Gasteiger partial charge in [-0.2, -0.15) is 0 Å². The first-order valence-corrected chi connectivity index (χ1v) is 14.5. The summed E-state index contributed by atoms with van der Waals surface area (Å²) >= 11 is 0. The third kappa shape index (κ3) is 5.25. The molecule has 2 fully saturated rings. The van der Waals surface area contributed by atoms with E-state index in [0.717, 1.165) is 10.5 Å². The van der Waals surface area contributed by atoms with Crippen LogP contribution in [0.4, 0.5) is 14.9 Å². The zero-order valence-electron chi connectivity index (χ0n) is 21.3. The smallest absolute Gasteiger partial charge is 0.418 e. The van der Waals surface area contributed by atoms with Crippen molar-refractivity contribution >= 4 is 39.3 Å². The molecule has 1 atom stereocenters. The van der Waals surface area contributed by atoms with Crippen LogP contribution in [0, 0.1) is 5.82 Å². The molecular formula is C27H28FN3O7S. The Morgan fingerprint density at radius 2 is 1.82 bits per heavy atom. The minimum atomic E-state index is -3.20. The predicted molar refractivity (Wildman–Crippen MR) is 138 cm³/mol. The zero-order valence-corrected chi connectivity index (χ0v) is 22.1. The van der Waals surface area contributed by atoms with Crippen LogP contribution in [0.3, 0.4) is 0 Å². The van der Waals surface area contributed by atoms with Crippen molar-refractivity contribution in [2.45, 2.75) is 50.8 Å². The largest absolute Gasteiger partial charge is 0.427 e. The van der Waals surface area contributed by atoms with Crippen molar-refractivity contribution in [1.29, 1.82) is 0 Å². The van der Waals surface area contributed by atoms with Gasteiger partial charge in [-0.1, -0.05) is 18.2 Å². The maximum Gasteiger partial charge on any atom is 0.418 e. The lowest BCUT2D eigenvalue weighted by Crippen LogP contribution is -2.49. The van der Waals surface area contributed by atoms with E-state index in [-0.39, 0.29) is 43.2 Å². The van der Waals surface area contributed by atoms with Crippen LogP contribution < -0.4 is 5.32 Å². The van der Waals surface area contributed by atoms with Crippen molar-refractivity contribution in [3.8, 4) is 0 Å². The van der Waals surface area contributed by atoms with Gasteiger partial charge in [0.1, 0.15) is 22.2 Å². The molecule has 1 aliphatic carbocycles. The molecule has 2 heterocycles. The van der Waals surface area contributed by atoms with Crippen molar-refractivity contribution in [2.24, 2.45) is 0 Å². The summed E-state index contributed by atoms with van der Waals surface area (Å²) in [5.41, 5.74) is 0.933. The average Bonchev–Trinajstić information content (AvgIpc) is 3.35. The van der Waals surface area contributed by atoms with Crippen molar-refractivity contribution in [1.82, 2.24) is 9.80 Å². The molecule has 10 nitrogen and oxygen atoms in total. The molecule has 5 rings (SSSR count). The number of imide groups is 1. The normalized spacial score (nSPS) is 22.1. The summed E-state index contributed by atoms with van der Waals surface area (Å²) in [7, 11) is -3.20. The lowest BCUT2D eigenvalue weighted by atomic mass is 9.94. The zero-order chi connectivity index (χ0) is 27.9. The summed E-state index contributed by atoms with van der Waals surface area (Å²) in [4.78, 5) is 53.8. The molecule has 12 heteroatoms. The summed E-state index contributed by atoms with van der Waals surface area (Å²) in [5, 5.41) is 2.69. The molecule has 3 aliphatic rings. The Bertz CT molecular complexity index is 1450. The molecule has 1 N–H and O–H groups in total. The molecule has 2 aromatic carbocycles. The number of amides is 4. The molecule has 1 spiro atoms. The molecule has 0 saturated carbocycles. The highest BCUT2D eigenvalue weighted by Gasteiger charge is 2.58. The molecule has 206 valence electrons. The Morgan fingerprint density at radius 1 is 1.13 bits per heavy atom. The molecule has 0 radical (unpaired) electrons. The predicted octanol–water partition coefficient (Wildman–Crippen LogP) is 2.51. The summed E-state index contributed by atoms with van der Waals surface area (Å²) in [6.45, 7) is 0.890. The Labute approximate surface area is 225 Å². The number of nitrogens with zero attached hydrogens (tertiary/aromatic N) is 2. The number of rotatable bonds is 6. The number of ether oxygens (including phenoxy) is 1. The van der Waals surface area contributed by atoms with E-state index in [1.165, 1.54) is 36.1 Å². The number of hydrogen-bond acceptors (Lipinski definition) is 7. The van der Waals surface area contributed by atoms with E-state index >= 15 is 0 Å². The second-order valence-electron chi connectivity index (χ2n) is 10.2. The summed E-state index contributed by atoms with van der Waals surface area (Å²) in [6.07, 6.45) is 0.168. The summed E-state index contributed by atoms with van der Waals surface area (Å²) in [5.74, 6) is -2.00. The number of anilines is 1. The Morgan fingerprint density at radius 3 is 2.49 bits per heavy atom. The highest BCUT2D eigenvalue weighted by molar-refractivity contribution is 7.91.